The van der Waals surface area contributed by atoms with E-state index in [-0.39, 0.29) is 30.3 Å². The van der Waals surface area contributed by atoms with E-state index in [4.69, 9.17) is 15.2 Å². The van der Waals surface area contributed by atoms with Crippen LogP contribution in [0.15, 0.2) is 48.5 Å². The summed E-state index contributed by atoms with van der Waals surface area (Å²) in [5.41, 5.74) is 8.00. The van der Waals surface area contributed by atoms with Crippen molar-refractivity contribution < 1.29 is 14.3 Å². The predicted molar refractivity (Wildman–Crippen MR) is 101 cm³/mol. The summed E-state index contributed by atoms with van der Waals surface area (Å²) < 4.78 is 10.6. The predicted octanol–water partition coefficient (Wildman–Crippen LogP) is 3.08. The molecule has 0 fully saturated rings. The Hall–Kier alpha value is -2.24. The van der Waals surface area contributed by atoms with Crippen LogP contribution in [0.2, 0.25) is 0 Å². The zero-order valence-corrected chi connectivity index (χ0v) is 15.5. The van der Waals surface area contributed by atoms with Crippen LogP contribution in [-0.4, -0.2) is 20.1 Å². The lowest BCUT2D eigenvalue weighted by atomic mass is 9.94. The average molecular weight is 365 g/mol. The summed E-state index contributed by atoms with van der Waals surface area (Å²) >= 11 is 0. The Bertz CT molecular complexity index is 680. The number of carbonyl (C=O) groups excluding carboxylic acids is 1. The lowest BCUT2D eigenvalue weighted by molar-refractivity contribution is -0.125. The van der Waals surface area contributed by atoms with E-state index in [1.54, 1.807) is 14.2 Å². The zero-order valence-electron chi connectivity index (χ0n) is 14.7. The monoisotopic (exact) mass is 364 g/mol. The number of hydrogen-bond acceptors (Lipinski definition) is 4. The molecule has 0 aromatic heterocycles. The van der Waals surface area contributed by atoms with Gasteiger partial charge >= 0.3 is 0 Å². The van der Waals surface area contributed by atoms with Gasteiger partial charge in [-0.15, -0.1) is 12.4 Å². The molecule has 2 aromatic carbocycles. The first-order valence-electron chi connectivity index (χ1n) is 7.86. The molecule has 2 rings (SSSR count). The molecule has 2 atom stereocenters. The fourth-order valence-electron chi connectivity index (χ4n) is 2.56. The fourth-order valence-corrected chi connectivity index (χ4v) is 2.56. The van der Waals surface area contributed by atoms with Crippen LogP contribution in [0, 0.1) is 5.92 Å². The maximum absolute atomic E-state index is 12.4. The maximum atomic E-state index is 12.4. The van der Waals surface area contributed by atoms with Gasteiger partial charge in [-0.1, -0.05) is 49.4 Å². The van der Waals surface area contributed by atoms with E-state index in [1.165, 1.54) is 0 Å². The topological polar surface area (TPSA) is 73.6 Å². The quantitative estimate of drug-likeness (QED) is 0.791. The molecule has 136 valence electrons. The number of carbonyl (C=O) groups is 1. The Labute approximate surface area is 154 Å². The molecule has 0 saturated carbocycles. The fraction of sp³-hybridized carbons (Fsp3) is 0.316. The highest BCUT2D eigenvalue weighted by Crippen LogP contribution is 2.30. The van der Waals surface area contributed by atoms with Gasteiger partial charge in [-0.05, 0) is 11.6 Å². The Morgan fingerprint density at radius 3 is 2.36 bits per heavy atom. The minimum Gasteiger partial charge on any atom is -0.493 e. The first-order chi connectivity index (χ1) is 11.6. The van der Waals surface area contributed by atoms with Gasteiger partial charge in [0, 0.05) is 18.2 Å². The van der Waals surface area contributed by atoms with E-state index in [9.17, 15) is 4.79 Å². The number of para-hydroxylation sites is 1. The molecule has 2 unspecified atom stereocenters. The summed E-state index contributed by atoms with van der Waals surface area (Å²) in [6, 6.07) is 14.8. The number of rotatable bonds is 7. The van der Waals surface area contributed by atoms with Gasteiger partial charge in [0.05, 0.1) is 20.1 Å². The van der Waals surface area contributed by atoms with Gasteiger partial charge < -0.3 is 20.5 Å². The molecule has 0 radical (unpaired) electrons. The third kappa shape index (κ3) is 5.11. The normalized spacial score (nSPS) is 12.5. The van der Waals surface area contributed by atoms with Crippen molar-refractivity contribution >= 4 is 18.3 Å². The maximum Gasteiger partial charge on any atom is 0.225 e. The van der Waals surface area contributed by atoms with Crippen molar-refractivity contribution in [1.82, 2.24) is 5.32 Å². The van der Waals surface area contributed by atoms with Gasteiger partial charge in [0.25, 0.3) is 0 Å². The molecular weight excluding hydrogens is 340 g/mol. The molecule has 2 aromatic rings. The van der Waals surface area contributed by atoms with E-state index < -0.39 is 0 Å². The van der Waals surface area contributed by atoms with Crippen molar-refractivity contribution in [1.29, 1.82) is 0 Å². The summed E-state index contributed by atoms with van der Waals surface area (Å²) in [6.07, 6.45) is 0. The molecule has 0 aliphatic heterocycles. The van der Waals surface area contributed by atoms with Crippen LogP contribution in [0.3, 0.4) is 0 Å². The second-order valence-electron chi connectivity index (χ2n) is 5.60. The van der Waals surface area contributed by atoms with Gasteiger partial charge in [0.1, 0.15) is 0 Å². The number of benzene rings is 2. The van der Waals surface area contributed by atoms with Crippen LogP contribution < -0.4 is 20.5 Å². The van der Waals surface area contributed by atoms with Crippen molar-refractivity contribution in [2.45, 2.75) is 19.5 Å². The zero-order chi connectivity index (χ0) is 17.5. The highest BCUT2D eigenvalue weighted by molar-refractivity contribution is 5.85. The smallest absolute Gasteiger partial charge is 0.225 e. The second-order valence-corrected chi connectivity index (χ2v) is 5.60. The van der Waals surface area contributed by atoms with Gasteiger partial charge in [0.2, 0.25) is 5.91 Å². The Morgan fingerprint density at radius 1 is 1.08 bits per heavy atom. The Kier molecular flexibility index (Phi) is 8.25. The van der Waals surface area contributed by atoms with Crippen LogP contribution in [0.1, 0.15) is 24.1 Å². The van der Waals surface area contributed by atoms with Gasteiger partial charge in [-0.25, -0.2) is 0 Å². The Morgan fingerprint density at radius 2 is 1.76 bits per heavy atom. The number of nitrogens with one attached hydrogen (secondary N) is 1. The molecule has 1 amide bonds. The van der Waals surface area contributed by atoms with E-state index in [0.29, 0.717) is 18.0 Å². The third-order valence-corrected chi connectivity index (χ3v) is 4.07. The Balaban J connectivity index is 0.00000312. The van der Waals surface area contributed by atoms with E-state index in [2.05, 4.69) is 5.32 Å². The van der Waals surface area contributed by atoms with Crippen molar-refractivity contribution in [3.05, 3.63) is 59.7 Å². The molecule has 0 aliphatic rings. The van der Waals surface area contributed by atoms with E-state index in [0.717, 1.165) is 11.1 Å². The van der Waals surface area contributed by atoms with Crippen molar-refractivity contribution in [2.24, 2.45) is 11.7 Å². The molecule has 3 N–H and O–H groups in total. The van der Waals surface area contributed by atoms with E-state index >= 15 is 0 Å². The SMILES string of the molecule is COc1cccc(CNC(=O)C(C)C(N)c2ccccc2)c1OC.Cl. The average Bonchev–Trinajstić information content (AvgIpc) is 2.64. The van der Waals surface area contributed by atoms with Crippen LogP contribution in [0.4, 0.5) is 0 Å². The molecule has 0 aliphatic carbocycles. The van der Waals surface area contributed by atoms with E-state index in [1.807, 2.05) is 55.5 Å². The summed E-state index contributed by atoms with van der Waals surface area (Å²) in [5, 5.41) is 2.92. The lowest BCUT2D eigenvalue weighted by Gasteiger charge is -2.20. The molecule has 6 heteroatoms. The number of ether oxygens (including phenoxy) is 2. The van der Waals surface area contributed by atoms with Crippen LogP contribution in [-0.2, 0) is 11.3 Å². The van der Waals surface area contributed by atoms with Crippen LogP contribution in [0.25, 0.3) is 0 Å². The van der Waals surface area contributed by atoms with Crippen molar-refractivity contribution in [3.8, 4) is 11.5 Å². The molecule has 0 saturated heterocycles. The molecule has 0 heterocycles. The van der Waals surface area contributed by atoms with Gasteiger partial charge in [-0.2, -0.15) is 0 Å². The molecule has 0 spiro atoms. The van der Waals surface area contributed by atoms with Crippen molar-refractivity contribution in [2.75, 3.05) is 14.2 Å². The van der Waals surface area contributed by atoms with Crippen LogP contribution >= 0.6 is 12.4 Å². The summed E-state index contributed by atoms with van der Waals surface area (Å²) in [7, 11) is 3.16. The van der Waals surface area contributed by atoms with Gasteiger partial charge in [0.15, 0.2) is 11.5 Å². The minimum atomic E-state index is -0.349. The second kappa shape index (κ2) is 9.91. The standard InChI is InChI=1S/C19H24N2O3.ClH/c1-13(17(20)14-8-5-4-6-9-14)19(22)21-12-15-10-7-11-16(23-2)18(15)24-3;/h4-11,13,17H,12,20H2,1-3H3,(H,21,22);1H. The minimum absolute atomic E-state index is 0. The molecule has 0 bridgehead atoms. The highest BCUT2D eigenvalue weighted by Gasteiger charge is 2.22. The molecule has 5 nitrogen and oxygen atoms in total. The molecular formula is C19H25ClN2O3. The summed E-state index contributed by atoms with van der Waals surface area (Å²) in [6.45, 7) is 2.18. The first-order valence-corrected chi connectivity index (χ1v) is 7.86. The first kappa shape index (κ1) is 20.8. The largest absolute Gasteiger partial charge is 0.493 e. The highest BCUT2D eigenvalue weighted by atomic mass is 35.5. The summed E-state index contributed by atoms with van der Waals surface area (Å²) in [5.74, 6) is 0.818. The number of hydrogen-bond donors (Lipinski definition) is 2. The lowest BCUT2D eigenvalue weighted by Crippen LogP contribution is -2.35. The summed E-state index contributed by atoms with van der Waals surface area (Å²) in [4.78, 5) is 12.4. The third-order valence-electron chi connectivity index (χ3n) is 4.07. The molecule has 25 heavy (non-hydrogen) atoms. The number of nitrogens with two attached hydrogens (primary N) is 1. The van der Waals surface area contributed by atoms with Crippen molar-refractivity contribution in [3.63, 3.8) is 0 Å². The number of halogens is 1. The number of amides is 1. The van der Waals surface area contributed by atoms with Crippen LogP contribution in [0.5, 0.6) is 11.5 Å². The van der Waals surface area contributed by atoms with Gasteiger partial charge in [-0.3, -0.25) is 4.79 Å². The number of methoxy groups -OCH3 is 2.